The highest BCUT2D eigenvalue weighted by molar-refractivity contribution is 7.55. The first-order valence-corrected chi connectivity index (χ1v) is 11.5. The van der Waals surface area contributed by atoms with Gasteiger partial charge in [0.1, 0.15) is 17.3 Å². The van der Waals surface area contributed by atoms with Crippen LogP contribution in [0.25, 0.3) is 0 Å². The smallest absolute Gasteiger partial charge is 0.415 e. The van der Waals surface area contributed by atoms with Crippen LogP contribution in [0.2, 0.25) is 0 Å². The molecule has 0 amide bonds. The van der Waals surface area contributed by atoms with E-state index in [1.165, 1.54) is 0 Å². The maximum absolute atomic E-state index is 13.7. The third-order valence-corrected chi connectivity index (χ3v) is 6.41. The lowest BCUT2D eigenvalue weighted by atomic mass is 10.1. The van der Waals surface area contributed by atoms with Gasteiger partial charge in [0.15, 0.2) is 5.96 Å². The SMILES string of the molecule is B/N=C(\NB)Nc1ccc(CC(N)P(=O)(Oc2ccccc2)Oc2ccccc2)cc1. The average Bonchev–Trinajstić information content (AvgIpc) is 2.79. The first-order chi connectivity index (χ1) is 15.0. The molecule has 1 atom stereocenters. The van der Waals surface area contributed by atoms with Crippen LogP contribution in [0.15, 0.2) is 89.8 Å². The summed E-state index contributed by atoms with van der Waals surface area (Å²) < 4.78 is 25.4. The van der Waals surface area contributed by atoms with Gasteiger partial charge < -0.3 is 30.2 Å². The summed E-state index contributed by atoms with van der Waals surface area (Å²) in [6, 6.07) is 25.5. The molecule has 0 aliphatic heterocycles. The van der Waals surface area contributed by atoms with E-state index in [4.69, 9.17) is 14.8 Å². The van der Waals surface area contributed by atoms with Crippen molar-refractivity contribution in [2.75, 3.05) is 5.32 Å². The Morgan fingerprint density at radius 1 is 0.935 bits per heavy atom. The van der Waals surface area contributed by atoms with Crippen molar-refractivity contribution in [1.82, 2.24) is 5.23 Å². The number of hydrogen-bond acceptors (Lipinski definition) is 5. The van der Waals surface area contributed by atoms with Gasteiger partial charge in [0.2, 0.25) is 16.0 Å². The molecule has 4 N–H and O–H groups in total. The van der Waals surface area contributed by atoms with Crippen LogP contribution in [-0.2, 0) is 11.0 Å². The fourth-order valence-electron chi connectivity index (χ4n) is 2.85. The second-order valence-electron chi connectivity index (χ2n) is 6.76. The Morgan fingerprint density at radius 2 is 1.45 bits per heavy atom. The van der Waals surface area contributed by atoms with Crippen LogP contribution in [0.1, 0.15) is 5.56 Å². The van der Waals surface area contributed by atoms with Gasteiger partial charge in [-0.05, 0) is 42.0 Å². The van der Waals surface area contributed by atoms with Gasteiger partial charge in [-0.25, -0.2) is 4.57 Å². The summed E-state index contributed by atoms with van der Waals surface area (Å²) in [5, 5.41) is 6.12. The number of anilines is 1. The molecular formula is C21H25B2N4O3P. The molecule has 0 aromatic heterocycles. The second-order valence-corrected chi connectivity index (χ2v) is 8.87. The maximum atomic E-state index is 13.7. The van der Waals surface area contributed by atoms with Crippen molar-refractivity contribution in [3.8, 4) is 11.5 Å². The van der Waals surface area contributed by atoms with E-state index in [0.29, 0.717) is 23.9 Å². The van der Waals surface area contributed by atoms with E-state index in [1.54, 1.807) is 64.5 Å². The number of nitrogens with one attached hydrogen (secondary N) is 2. The van der Waals surface area contributed by atoms with Crippen molar-refractivity contribution in [1.29, 1.82) is 0 Å². The average molecular weight is 434 g/mol. The molecule has 0 aliphatic carbocycles. The molecule has 158 valence electrons. The normalized spacial score (nSPS) is 12.6. The summed E-state index contributed by atoms with van der Waals surface area (Å²) in [7, 11) is -0.242. The predicted molar refractivity (Wildman–Crippen MR) is 131 cm³/mol. The van der Waals surface area contributed by atoms with Crippen molar-refractivity contribution in [2.24, 2.45) is 10.6 Å². The lowest BCUT2D eigenvalue weighted by molar-refractivity contribution is 0.371. The van der Waals surface area contributed by atoms with Crippen molar-refractivity contribution < 1.29 is 13.6 Å². The molecular weight excluding hydrogens is 409 g/mol. The molecule has 0 bridgehead atoms. The van der Waals surface area contributed by atoms with Crippen LogP contribution < -0.4 is 25.3 Å². The Labute approximate surface area is 184 Å². The number of guanidine groups is 1. The molecule has 3 aromatic rings. The van der Waals surface area contributed by atoms with Crippen molar-refractivity contribution in [2.45, 2.75) is 12.2 Å². The zero-order chi connectivity index (χ0) is 22.1. The summed E-state index contributed by atoms with van der Waals surface area (Å²) in [6.45, 7) is 0. The molecule has 7 nitrogen and oxygen atoms in total. The quantitative estimate of drug-likeness (QED) is 0.218. The molecule has 0 spiro atoms. The van der Waals surface area contributed by atoms with Gasteiger partial charge >= 0.3 is 7.60 Å². The number of para-hydroxylation sites is 2. The maximum Gasteiger partial charge on any atom is 0.447 e. The lowest BCUT2D eigenvalue weighted by Gasteiger charge is -2.25. The third-order valence-electron chi connectivity index (χ3n) is 4.48. The Hall–Kier alpha value is -3.15. The first kappa shape index (κ1) is 22.5. The molecule has 0 aliphatic rings. The molecule has 3 aromatic carbocycles. The molecule has 0 fully saturated rings. The van der Waals surface area contributed by atoms with E-state index >= 15 is 0 Å². The van der Waals surface area contributed by atoms with E-state index in [0.717, 1.165) is 11.3 Å². The molecule has 10 heteroatoms. The fraction of sp³-hybridized carbons (Fsp3) is 0.0952. The molecule has 0 saturated heterocycles. The monoisotopic (exact) mass is 434 g/mol. The zero-order valence-electron chi connectivity index (χ0n) is 17.6. The van der Waals surface area contributed by atoms with E-state index in [-0.39, 0.29) is 0 Å². The molecule has 0 heterocycles. The summed E-state index contributed by atoms with van der Waals surface area (Å²) >= 11 is 0. The molecule has 0 saturated carbocycles. The highest BCUT2D eigenvalue weighted by Crippen LogP contribution is 2.51. The van der Waals surface area contributed by atoms with Gasteiger partial charge in [0.25, 0.3) is 0 Å². The van der Waals surface area contributed by atoms with Gasteiger partial charge in [0, 0.05) is 12.1 Å². The van der Waals surface area contributed by atoms with Crippen molar-refractivity contribution >= 4 is 35.2 Å². The summed E-state index contributed by atoms with van der Waals surface area (Å²) in [6.07, 6.45) is 0.317. The van der Waals surface area contributed by atoms with Gasteiger partial charge in [-0.1, -0.05) is 48.5 Å². The first-order valence-electron chi connectivity index (χ1n) is 9.87. The van der Waals surface area contributed by atoms with E-state index in [9.17, 15) is 4.57 Å². The van der Waals surface area contributed by atoms with Crippen LogP contribution >= 0.6 is 7.60 Å². The van der Waals surface area contributed by atoms with Crippen molar-refractivity contribution in [3.05, 3.63) is 90.5 Å². The topological polar surface area (TPSA) is 98.0 Å². The predicted octanol–water partition coefficient (Wildman–Crippen LogP) is 2.32. The molecule has 3 rings (SSSR count). The van der Waals surface area contributed by atoms with Crippen LogP contribution in [-0.4, -0.2) is 27.7 Å². The van der Waals surface area contributed by atoms with E-state index < -0.39 is 13.4 Å². The summed E-state index contributed by atoms with van der Waals surface area (Å²) in [4.78, 5) is 4.09. The number of nitrogens with zero attached hydrogens (tertiary/aromatic N) is 1. The summed E-state index contributed by atoms with van der Waals surface area (Å²) in [5.41, 5.74) is 8.16. The van der Waals surface area contributed by atoms with Crippen LogP contribution in [0.5, 0.6) is 11.5 Å². The molecule has 1 unspecified atom stereocenters. The number of rotatable bonds is 8. The minimum absolute atomic E-state index is 0.317. The van der Waals surface area contributed by atoms with E-state index in [1.807, 2.05) is 36.4 Å². The van der Waals surface area contributed by atoms with Gasteiger partial charge in [-0.3, -0.25) is 0 Å². The minimum atomic E-state index is -3.73. The molecule has 31 heavy (non-hydrogen) atoms. The van der Waals surface area contributed by atoms with Crippen LogP contribution in [0.4, 0.5) is 5.69 Å². The second kappa shape index (κ2) is 10.8. The fourth-order valence-corrected chi connectivity index (χ4v) is 4.43. The highest BCUT2D eigenvalue weighted by Gasteiger charge is 2.37. The van der Waals surface area contributed by atoms with Crippen LogP contribution in [0, 0.1) is 0 Å². The van der Waals surface area contributed by atoms with Crippen molar-refractivity contribution in [3.63, 3.8) is 0 Å². The number of hydrogen-bond donors (Lipinski definition) is 3. The minimum Gasteiger partial charge on any atom is -0.415 e. The number of nitrogens with two attached hydrogens (primary N) is 1. The standard InChI is InChI=1S/C21H25B2N4O3P/c22-26-21(27-23)25-17-13-11-16(12-14-17)15-20(24)31(28,29-18-7-3-1-4-8-18)30-19-9-5-2-6-10-19/h1-14,20H,15,22-24H2,(H2,25,26,27). The number of benzene rings is 3. The van der Waals surface area contributed by atoms with Gasteiger partial charge in [0.05, 0.1) is 0 Å². The summed E-state index contributed by atoms with van der Waals surface area (Å²) in [5.74, 6) is 0.670. The van der Waals surface area contributed by atoms with Gasteiger partial charge in [-0.2, -0.15) is 0 Å². The Balaban J connectivity index is 1.77. The highest BCUT2D eigenvalue weighted by atomic mass is 31.2. The van der Waals surface area contributed by atoms with Gasteiger partial charge in [-0.15, -0.1) is 0 Å². The Morgan fingerprint density at radius 3 is 1.90 bits per heavy atom. The lowest BCUT2D eigenvalue weighted by Crippen LogP contribution is -2.28. The molecule has 0 radical (unpaired) electrons. The van der Waals surface area contributed by atoms with Crippen LogP contribution in [0.3, 0.4) is 0 Å². The third kappa shape index (κ3) is 6.41. The van der Waals surface area contributed by atoms with E-state index in [2.05, 4.69) is 15.4 Å². The Kier molecular flexibility index (Phi) is 7.82. The largest absolute Gasteiger partial charge is 0.447 e. The zero-order valence-corrected chi connectivity index (χ0v) is 18.5. The Bertz CT molecular complexity index is 992.